The van der Waals surface area contributed by atoms with Crippen LogP contribution in [-0.4, -0.2) is 53.6 Å². The van der Waals surface area contributed by atoms with E-state index in [1.807, 2.05) is 0 Å². The zero-order chi connectivity index (χ0) is 29.5. The number of nitrogens with zero attached hydrogens (tertiary/aromatic N) is 3. The third-order valence-electron chi connectivity index (χ3n) is 10.2. The summed E-state index contributed by atoms with van der Waals surface area (Å²) in [5.41, 5.74) is 9.59. The third-order valence-corrected chi connectivity index (χ3v) is 10.7. The fraction of sp³-hybridized carbons (Fsp3) is 0.548. The molecule has 3 aliphatic rings. The molecule has 2 aromatic heterocycles. The molecule has 10 heteroatoms. The summed E-state index contributed by atoms with van der Waals surface area (Å²) in [7, 11) is 2.10. The number of allylic oxidation sites excluding steroid dienone is 2. The number of carbonyl (C=O) groups excluding carboxylic acids is 2. The number of anilines is 2. The van der Waals surface area contributed by atoms with Crippen molar-refractivity contribution in [1.29, 1.82) is 0 Å². The van der Waals surface area contributed by atoms with Gasteiger partial charge in [-0.3, -0.25) is 9.69 Å². The standard InChI is InChI=1S/C31H41BrN6O3/c1-19(8-11-38-18-37(5)28-26(38)27(33)35-17-36-28)6-9-30(3)20(2)7-10-31(4)21(12-23(39)14-25(30)31)16-41-29(40)24-13-22(32)15-34-24/h8,12-13,15,17,20,25,34H,6-7,9-11,14,16,18H2,1-5H3,(H2,33,35,36)/p+1. The molecular formula is C31H42BrN6O3+. The Balaban J connectivity index is 1.27. The van der Waals surface area contributed by atoms with E-state index in [1.165, 1.54) is 16.8 Å². The van der Waals surface area contributed by atoms with Crippen molar-refractivity contribution in [2.45, 2.75) is 59.8 Å². The smallest absolute Gasteiger partial charge is 0.355 e. The number of aromatic amines is 1. The van der Waals surface area contributed by atoms with Gasteiger partial charge in [-0.2, -0.15) is 4.98 Å². The van der Waals surface area contributed by atoms with Gasteiger partial charge in [0.25, 0.3) is 5.82 Å². The van der Waals surface area contributed by atoms with Crippen molar-refractivity contribution in [3.8, 4) is 0 Å². The number of nitrogens with one attached hydrogen (secondary N) is 2. The summed E-state index contributed by atoms with van der Waals surface area (Å²) < 4.78 is 6.51. The van der Waals surface area contributed by atoms with Crippen LogP contribution in [0.15, 0.2) is 46.4 Å². The van der Waals surface area contributed by atoms with Gasteiger partial charge in [-0.1, -0.05) is 32.4 Å². The van der Waals surface area contributed by atoms with E-state index in [9.17, 15) is 9.59 Å². The number of aromatic nitrogens is 3. The van der Waals surface area contributed by atoms with Crippen molar-refractivity contribution in [3.63, 3.8) is 0 Å². The number of hydrogen-bond acceptors (Lipinski definition) is 7. The SMILES string of the molecule is CC(=CCN1C[NH+](C)c2ncnc(N)c21)CCC1(C)C(C)CCC2(C)C(COC(=O)c3cc(Br)c[nH]3)=CC(=O)CC21. The van der Waals surface area contributed by atoms with Crippen LogP contribution in [-0.2, 0) is 9.53 Å². The molecule has 1 aliphatic heterocycles. The van der Waals surface area contributed by atoms with E-state index in [0.717, 1.165) is 60.4 Å². The molecule has 41 heavy (non-hydrogen) atoms. The average Bonchev–Trinajstić information content (AvgIpc) is 3.52. The number of rotatable bonds is 8. The summed E-state index contributed by atoms with van der Waals surface area (Å²) >= 11 is 3.36. The maximum absolute atomic E-state index is 13.1. The maximum Gasteiger partial charge on any atom is 0.355 e. The predicted molar refractivity (Wildman–Crippen MR) is 163 cm³/mol. The van der Waals surface area contributed by atoms with Crippen molar-refractivity contribution in [1.82, 2.24) is 15.0 Å². The minimum atomic E-state index is -0.413. The largest absolute Gasteiger partial charge is 0.456 e. The van der Waals surface area contributed by atoms with Gasteiger partial charge in [0.1, 0.15) is 18.6 Å². The number of quaternary nitrogens is 1. The lowest BCUT2D eigenvalue weighted by molar-refractivity contribution is -0.805. The lowest BCUT2D eigenvalue weighted by atomic mass is 9.46. The minimum absolute atomic E-state index is 0.0194. The molecule has 0 aromatic carbocycles. The second-order valence-corrected chi connectivity index (χ2v) is 13.6. The van der Waals surface area contributed by atoms with Crippen molar-refractivity contribution in [3.05, 3.63) is 52.1 Å². The molecular weight excluding hydrogens is 584 g/mol. The Morgan fingerprint density at radius 3 is 2.88 bits per heavy atom. The van der Waals surface area contributed by atoms with E-state index in [1.54, 1.807) is 18.3 Å². The van der Waals surface area contributed by atoms with Crippen molar-refractivity contribution in [2.24, 2.45) is 22.7 Å². The van der Waals surface area contributed by atoms with Crippen LogP contribution < -0.4 is 15.5 Å². The Morgan fingerprint density at radius 2 is 2.15 bits per heavy atom. The summed E-state index contributed by atoms with van der Waals surface area (Å²) in [4.78, 5) is 40.7. The van der Waals surface area contributed by atoms with Crippen molar-refractivity contribution in [2.75, 3.05) is 37.5 Å². The van der Waals surface area contributed by atoms with Crippen molar-refractivity contribution >= 4 is 45.0 Å². The van der Waals surface area contributed by atoms with E-state index < -0.39 is 5.97 Å². The maximum atomic E-state index is 13.1. The molecule has 0 radical (unpaired) electrons. The van der Waals surface area contributed by atoms with E-state index in [4.69, 9.17) is 10.5 Å². The molecule has 5 unspecified atom stereocenters. The van der Waals surface area contributed by atoms with Gasteiger partial charge in [0.2, 0.25) is 0 Å². The molecule has 9 nitrogen and oxygen atoms in total. The summed E-state index contributed by atoms with van der Waals surface area (Å²) in [5.74, 6) is 1.87. The lowest BCUT2D eigenvalue weighted by Gasteiger charge is -2.57. The Morgan fingerprint density at radius 1 is 1.37 bits per heavy atom. The summed E-state index contributed by atoms with van der Waals surface area (Å²) in [6.45, 7) is 10.9. The summed E-state index contributed by atoms with van der Waals surface area (Å²) in [6.07, 6.45) is 11.8. The minimum Gasteiger partial charge on any atom is -0.456 e. The number of ether oxygens (including phenoxy) is 1. The predicted octanol–water partition coefficient (Wildman–Crippen LogP) is 4.61. The number of carbonyl (C=O) groups is 2. The van der Waals surface area contributed by atoms with Gasteiger partial charge < -0.3 is 20.4 Å². The molecule has 5 rings (SSSR count). The molecule has 0 amide bonds. The van der Waals surface area contributed by atoms with E-state index >= 15 is 0 Å². The monoisotopic (exact) mass is 625 g/mol. The third kappa shape index (κ3) is 5.60. The van der Waals surface area contributed by atoms with Crippen LogP contribution in [0.2, 0.25) is 0 Å². The first-order chi connectivity index (χ1) is 19.4. The van der Waals surface area contributed by atoms with Gasteiger partial charge in [-0.15, -0.1) is 0 Å². The van der Waals surface area contributed by atoms with Crippen LogP contribution in [0.4, 0.5) is 17.3 Å². The Labute approximate surface area is 250 Å². The van der Waals surface area contributed by atoms with Gasteiger partial charge in [-0.25, -0.2) is 9.78 Å². The highest BCUT2D eigenvalue weighted by Crippen LogP contribution is 2.61. The lowest BCUT2D eigenvalue weighted by Crippen LogP contribution is -3.03. The molecule has 1 saturated carbocycles. The average molecular weight is 627 g/mol. The van der Waals surface area contributed by atoms with Crippen molar-refractivity contribution < 1.29 is 19.2 Å². The number of hydrogen-bond donors (Lipinski definition) is 3. The molecule has 1 fully saturated rings. The number of nitrogens with two attached hydrogens (primary N) is 1. The topological polar surface area (TPSA) is 119 Å². The molecule has 2 aromatic rings. The molecule has 5 atom stereocenters. The number of ketones is 1. The second-order valence-electron chi connectivity index (χ2n) is 12.7. The quantitative estimate of drug-likeness (QED) is 0.289. The first kappa shape index (κ1) is 29.5. The fourth-order valence-corrected chi connectivity index (χ4v) is 7.68. The molecule has 0 bridgehead atoms. The van der Waals surface area contributed by atoms with Crippen LogP contribution in [0.5, 0.6) is 0 Å². The Hall–Kier alpha value is -2.98. The number of halogens is 1. The number of fused-ring (bicyclic) bond motifs is 2. The summed E-state index contributed by atoms with van der Waals surface area (Å²) in [6, 6.07) is 1.70. The van der Waals surface area contributed by atoms with E-state index in [-0.39, 0.29) is 29.1 Å². The fourth-order valence-electron chi connectivity index (χ4n) is 7.33. The molecule has 220 valence electrons. The van der Waals surface area contributed by atoms with Gasteiger partial charge in [-0.05, 0) is 88.9 Å². The first-order valence-electron chi connectivity index (χ1n) is 14.5. The Bertz CT molecular complexity index is 1400. The van der Waals surface area contributed by atoms with Crippen LogP contribution in [0.1, 0.15) is 70.3 Å². The highest BCUT2D eigenvalue weighted by molar-refractivity contribution is 9.10. The zero-order valence-corrected chi connectivity index (χ0v) is 26.3. The molecule has 4 N–H and O–H groups in total. The van der Waals surface area contributed by atoms with Crippen LogP contribution in [0, 0.1) is 22.7 Å². The van der Waals surface area contributed by atoms with Crippen LogP contribution in [0.3, 0.4) is 0 Å². The molecule has 2 aliphatic carbocycles. The van der Waals surface area contributed by atoms with Gasteiger partial charge >= 0.3 is 5.97 Å². The normalized spacial score (nSPS) is 29.7. The molecule has 3 heterocycles. The first-order valence-corrected chi connectivity index (χ1v) is 15.3. The molecule has 0 saturated heterocycles. The van der Waals surface area contributed by atoms with Crippen LogP contribution >= 0.6 is 15.9 Å². The number of H-pyrrole nitrogens is 1. The zero-order valence-electron chi connectivity index (χ0n) is 24.7. The highest BCUT2D eigenvalue weighted by Gasteiger charge is 2.55. The molecule has 0 spiro atoms. The Kier molecular flexibility index (Phi) is 8.18. The number of nitrogen functional groups attached to an aromatic ring is 1. The van der Waals surface area contributed by atoms with Crippen LogP contribution in [0.25, 0.3) is 0 Å². The van der Waals surface area contributed by atoms with Gasteiger partial charge in [0.15, 0.2) is 24.0 Å². The highest BCUT2D eigenvalue weighted by atomic mass is 79.9. The second kappa shape index (κ2) is 11.4. The van der Waals surface area contributed by atoms with Gasteiger partial charge in [0.05, 0.1) is 7.05 Å². The van der Waals surface area contributed by atoms with E-state index in [0.29, 0.717) is 23.9 Å². The number of esters is 1. The summed E-state index contributed by atoms with van der Waals surface area (Å²) in [5, 5.41) is 0. The van der Waals surface area contributed by atoms with Gasteiger partial charge in [0, 0.05) is 23.6 Å². The van der Waals surface area contributed by atoms with E-state index in [2.05, 4.69) is 76.6 Å².